The molecule has 1 saturated heterocycles. The third-order valence-electron chi connectivity index (χ3n) is 7.00. The molecule has 5 aromatic rings. The van der Waals surface area contributed by atoms with Crippen molar-refractivity contribution in [3.63, 3.8) is 0 Å². The van der Waals surface area contributed by atoms with Gasteiger partial charge in [0.1, 0.15) is 10.8 Å². The minimum Gasteiger partial charge on any atom is -0.464 e. The molecule has 39 heavy (non-hydrogen) atoms. The molecule has 1 fully saturated rings. The Balaban J connectivity index is 1.35. The lowest BCUT2D eigenvalue weighted by Crippen LogP contribution is -2.35. The van der Waals surface area contributed by atoms with Gasteiger partial charge in [0.15, 0.2) is 0 Å². The Morgan fingerprint density at radius 1 is 1.13 bits per heavy atom. The van der Waals surface area contributed by atoms with Gasteiger partial charge in [0.05, 0.1) is 17.8 Å². The number of aromatic nitrogens is 3. The first-order chi connectivity index (χ1) is 18.9. The van der Waals surface area contributed by atoms with E-state index in [1.165, 1.54) is 0 Å². The highest BCUT2D eigenvalue weighted by atomic mass is 32.1. The van der Waals surface area contributed by atoms with Crippen molar-refractivity contribution in [1.82, 2.24) is 20.1 Å². The van der Waals surface area contributed by atoms with Crippen LogP contribution in [-0.2, 0) is 12.0 Å². The molecule has 8 nitrogen and oxygen atoms in total. The van der Waals surface area contributed by atoms with Crippen molar-refractivity contribution in [2.45, 2.75) is 44.7 Å². The molecule has 1 amide bonds. The van der Waals surface area contributed by atoms with Crippen LogP contribution in [-0.4, -0.2) is 32.5 Å². The summed E-state index contributed by atoms with van der Waals surface area (Å²) in [7, 11) is 0. The van der Waals surface area contributed by atoms with Crippen molar-refractivity contribution in [2.75, 3.05) is 6.54 Å². The van der Waals surface area contributed by atoms with Crippen LogP contribution in [0.15, 0.2) is 81.1 Å². The molecule has 2 atom stereocenters. The quantitative estimate of drug-likeness (QED) is 0.264. The molecule has 0 saturated carbocycles. The van der Waals surface area contributed by atoms with Crippen LogP contribution in [0, 0.1) is 6.92 Å². The van der Waals surface area contributed by atoms with Crippen molar-refractivity contribution in [1.29, 1.82) is 0 Å². The van der Waals surface area contributed by atoms with Crippen LogP contribution in [0.2, 0.25) is 0 Å². The van der Waals surface area contributed by atoms with Gasteiger partial charge in [-0.15, -0.1) is 21.5 Å². The number of likely N-dealkylation sites (tertiary alicyclic amines) is 1. The number of furan rings is 1. The largest absolute Gasteiger partial charge is 0.464 e. The number of hydrogen-bond donors (Lipinski definition) is 1. The predicted octanol–water partition coefficient (Wildman–Crippen LogP) is 6.16. The highest BCUT2D eigenvalue weighted by molar-refractivity contribution is 7.09. The fraction of sp³-hybridized carbons (Fsp3) is 0.267. The normalized spacial score (nSPS) is 16.9. The number of benzene rings is 2. The van der Waals surface area contributed by atoms with E-state index in [1.807, 2.05) is 78.7 Å². The molecule has 0 unspecified atom stereocenters. The first-order valence-electron chi connectivity index (χ1n) is 13.0. The smallest absolute Gasteiger partial charge is 0.254 e. The summed E-state index contributed by atoms with van der Waals surface area (Å²) in [6.45, 7) is 4.53. The van der Waals surface area contributed by atoms with Crippen LogP contribution < -0.4 is 5.73 Å². The van der Waals surface area contributed by atoms with Gasteiger partial charge in [-0.25, -0.2) is 4.98 Å². The Hall–Kier alpha value is -4.08. The van der Waals surface area contributed by atoms with E-state index in [4.69, 9.17) is 14.6 Å². The summed E-state index contributed by atoms with van der Waals surface area (Å²) in [6, 6.07) is 19.2. The molecular formula is C30H29N5O3S. The number of nitrogens with two attached hydrogens (primary N) is 1. The van der Waals surface area contributed by atoms with E-state index in [1.54, 1.807) is 23.7 Å². The lowest BCUT2D eigenvalue weighted by molar-refractivity contribution is 0.0735. The van der Waals surface area contributed by atoms with Crippen molar-refractivity contribution in [2.24, 2.45) is 5.73 Å². The van der Waals surface area contributed by atoms with Crippen molar-refractivity contribution < 1.29 is 13.6 Å². The van der Waals surface area contributed by atoms with Crippen LogP contribution in [0.3, 0.4) is 0 Å². The molecule has 1 aliphatic heterocycles. The maximum absolute atomic E-state index is 13.9. The molecule has 0 spiro atoms. The molecule has 6 rings (SSSR count). The van der Waals surface area contributed by atoms with E-state index < -0.39 is 5.54 Å². The average Bonchev–Trinajstić information content (AvgIpc) is 3.74. The Labute approximate surface area is 230 Å². The zero-order valence-electron chi connectivity index (χ0n) is 21.8. The molecule has 198 valence electrons. The summed E-state index contributed by atoms with van der Waals surface area (Å²) in [5.41, 5.74) is 9.72. The van der Waals surface area contributed by atoms with E-state index in [2.05, 4.69) is 15.2 Å². The van der Waals surface area contributed by atoms with Gasteiger partial charge in [-0.05, 0) is 69.0 Å². The summed E-state index contributed by atoms with van der Waals surface area (Å²) >= 11 is 1.60. The minimum atomic E-state index is -0.863. The van der Waals surface area contributed by atoms with Crippen LogP contribution in [0.1, 0.15) is 58.3 Å². The second kappa shape index (κ2) is 10.2. The van der Waals surface area contributed by atoms with Gasteiger partial charge in [-0.1, -0.05) is 30.3 Å². The third-order valence-corrected chi connectivity index (χ3v) is 8.06. The lowest BCUT2D eigenvalue weighted by atomic mass is 9.94. The molecule has 0 aliphatic carbocycles. The third kappa shape index (κ3) is 5.15. The monoisotopic (exact) mass is 539 g/mol. The van der Waals surface area contributed by atoms with Gasteiger partial charge >= 0.3 is 0 Å². The highest BCUT2D eigenvalue weighted by Crippen LogP contribution is 2.36. The van der Waals surface area contributed by atoms with Crippen LogP contribution in [0.4, 0.5) is 0 Å². The van der Waals surface area contributed by atoms with Gasteiger partial charge in [-0.3, -0.25) is 4.79 Å². The first kappa shape index (κ1) is 25.2. The van der Waals surface area contributed by atoms with E-state index in [0.717, 1.165) is 34.7 Å². The topological polar surface area (TPSA) is 111 Å². The summed E-state index contributed by atoms with van der Waals surface area (Å²) in [5, 5.41) is 11.6. The number of carbonyl (C=O) groups is 1. The second-order valence-corrected chi connectivity index (χ2v) is 11.1. The highest BCUT2D eigenvalue weighted by Gasteiger charge is 2.33. The maximum atomic E-state index is 13.9. The number of amides is 1. The van der Waals surface area contributed by atoms with E-state index in [9.17, 15) is 4.79 Å². The zero-order chi connectivity index (χ0) is 27.0. The molecule has 0 bridgehead atoms. The number of carbonyl (C=O) groups excluding carboxylic acids is 1. The van der Waals surface area contributed by atoms with Crippen molar-refractivity contribution >= 4 is 17.2 Å². The predicted molar refractivity (Wildman–Crippen MR) is 149 cm³/mol. The van der Waals surface area contributed by atoms with E-state index in [0.29, 0.717) is 41.6 Å². The van der Waals surface area contributed by atoms with Gasteiger partial charge in [0, 0.05) is 34.3 Å². The fourth-order valence-electron chi connectivity index (χ4n) is 5.08. The number of nitrogens with zero attached hydrogens (tertiary/aromatic N) is 4. The van der Waals surface area contributed by atoms with E-state index >= 15 is 0 Å². The van der Waals surface area contributed by atoms with Crippen LogP contribution >= 0.6 is 11.3 Å². The van der Waals surface area contributed by atoms with Crippen LogP contribution in [0.5, 0.6) is 0 Å². The molecule has 0 radical (unpaired) electrons. The minimum absolute atomic E-state index is 0.0298. The number of aryl methyl sites for hydroxylation is 1. The summed E-state index contributed by atoms with van der Waals surface area (Å²) in [4.78, 5) is 20.5. The molecule has 4 heterocycles. The maximum Gasteiger partial charge on any atom is 0.254 e. The molecular weight excluding hydrogens is 510 g/mol. The second-order valence-electron chi connectivity index (χ2n) is 10.3. The standard InChI is InChI=1S/C30H29N5O3S/c1-19-18-39-27(32-19)24-10-6-12-35(24)28(36)23-15-21(25-11-7-13-37-25)14-22(16-23)26-33-34-29(38-26)30(2,31)17-20-8-4-3-5-9-20/h3-5,7-9,11,13-16,18,24H,6,10,12,17,31H2,1-2H3/t24-,30-/m1/s1. The zero-order valence-corrected chi connectivity index (χ0v) is 22.6. The van der Waals surface area contributed by atoms with Crippen molar-refractivity contribution in [3.05, 3.63) is 100 Å². The Morgan fingerprint density at radius 3 is 2.69 bits per heavy atom. The SMILES string of the molecule is Cc1csc([C@H]2CCCN2C(=O)c2cc(-c3ccco3)cc(-c3nnc([C@](C)(N)Cc4ccccc4)o3)c2)n1. The summed E-state index contributed by atoms with van der Waals surface area (Å²) < 4.78 is 11.8. The summed E-state index contributed by atoms with van der Waals surface area (Å²) in [6.07, 6.45) is 3.98. The Morgan fingerprint density at radius 2 is 1.95 bits per heavy atom. The van der Waals surface area contributed by atoms with Gasteiger partial charge < -0.3 is 19.5 Å². The van der Waals surface area contributed by atoms with Gasteiger partial charge in [-0.2, -0.15) is 0 Å². The average molecular weight is 540 g/mol. The summed E-state index contributed by atoms with van der Waals surface area (Å²) in [5.74, 6) is 1.21. The number of hydrogen-bond acceptors (Lipinski definition) is 8. The van der Waals surface area contributed by atoms with E-state index in [-0.39, 0.29) is 11.9 Å². The number of rotatable bonds is 7. The van der Waals surface area contributed by atoms with Crippen molar-refractivity contribution in [3.8, 4) is 22.8 Å². The Bertz CT molecular complexity index is 1590. The van der Waals surface area contributed by atoms with Gasteiger partial charge in [0.2, 0.25) is 11.8 Å². The fourth-order valence-corrected chi connectivity index (χ4v) is 6.03. The molecule has 1 aliphatic rings. The number of thiazole rings is 1. The van der Waals surface area contributed by atoms with Gasteiger partial charge in [0.25, 0.3) is 5.91 Å². The molecule has 2 aromatic carbocycles. The molecule has 3 aromatic heterocycles. The Kier molecular flexibility index (Phi) is 6.62. The lowest BCUT2D eigenvalue weighted by Gasteiger charge is -2.23. The van der Waals surface area contributed by atoms with Crippen LogP contribution in [0.25, 0.3) is 22.8 Å². The first-order valence-corrected chi connectivity index (χ1v) is 13.8. The molecule has 2 N–H and O–H groups in total. The molecule has 9 heteroatoms.